The Morgan fingerprint density at radius 1 is 1.15 bits per heavy atom. The number of likely N-dealkylation sites (N-methyl/N-ethyl adjacent to an activating group) is 1. The van der Waals surface area contributed by atoms with Crippen molar-refractivity contribution in [3.8, 4) is 0 Å². The molecule has 4 heteroatoms. The minimum Gasteiger partial charge on any atom is -0.441 e. The molecule has 0 aliphatic carbocycles. The van der Waals surface area contributed by atoms with Crippen molar-refractivity contribution in [2.45, 2.75) is 12.8 Å². The summed E-state index contributed by atoms with van der Waals surface area (Å²) in [6.45, 7) is 2.73. The summed E-state index contributed by atoms with van der Waals surface area (Å²) in [5.74, 6) is 0.976. The van der Waals surface area contributed by atoms with Crippen LogP contribution in [0.15, 0.2) is 47.1 Å². The molecule has 0 saturated carbocycles. The fraction of sp³-hybridized carbons (Fsp3) is 0.250. The fourth-order valence-corrected chi connectivity index (χ4v) is 2.50. The number of rotatable bonds is 4. The van der Waals surface area contributed by atoms with E-state index in [0.717, 1.165) is 17.6 Å². The Kier molecular flexibility index (Phi) is 3.48. The summed E-state index contributed by atoms with van der Waals surface area (Å²) in [6, 6.07) is 10.3. The molecule has 3 rings (SSSR count). The molecule has 4 nitrogen and oxygen atoms in total. The van der Waals surface area contributed by atoms with Crippen molar-refractivity contribution in [2.75, 3.05) is 13.6 Å². The molecule has 1 aromatic carbocycles. The van der Waals surface area contributed by atoms with Gasteiger partial charge in [-0.25, -0.2) is 4.98 Å². The molecule has 0 bridgehead atoms. The number of aromatic nitrogens is 2. The zero-order valence-electron chi connectivity index (χ0n) is 11.6. The summed E-state index contributed by atoms with van der Waals surface area (Å²) < 4.78 is 5.63. The van der Waals surface area contributed by atoms with Crippen LogP contribution in [0, 0.1) is 6.92 Å². The molecule has 0 radical (unpaired) electrons. The zero-order chi connectivity index (χ0) is 13.9. The second kappa shape index (κ2) is 5.43. The van der Waals surface area contributed by atoms with Gasteiger partial charge in [0.15, 0.2) is 11.5 Å². The van der Waals surface area contributed by atoms with Gasteiger partial charge in [0.2, 0.25) is 0 Å². The van der Waals surface area contributed by atoms with Crippen molar-refractivity contribution in [1.29, 1.82) is 0 Å². The van der Waals surface area contributed by atoms with Crippen molar-refractivity contribution in [3.05, 3.63) is 59.7 Å². The Balaban J connectivity index is 2.04. The van der Waals surface area contributed by atoms with E-state index in [4.69, 9.17) is 4.42 Å². The third-order valence-electron chi connectivity index (χ3n) is 3.44. The van der Waals surface area contributed by atoms with E-state index in [1.807, 2.05) is 32.4 Å². The van der Waals surface area contributed by atoms with Crippen LogP contribution in [-0.2, 0) is 0 Å². The average Bonchev–Trinajstić information content (AvgIpc) is 2.84. The minimum atomic E-state index is 0.276. The number of pyridine rings is 1. The van der Waals surface area contributed by atoms with Gasteiger partial charge in [-0.05, 0) is 42.4 Å². The van der Waals surface area contributed by atoms with E-state index in [9.17, 15) is 0 Å². The van der Waals surface area contributed by atoms with Crippen LogP contribution < -0.4 is 5.32 Å². The summed E-state index contributed by atoms with van der Waals surface area (Å²) in [4.78, 5) is 8.43. The van der Waals surface area contributed by atoms with Crippen molar-refractivity contribution in [2.24, 2.45) is 0 Å². The van der Waals surface area contributed by atoms with Crippen LogP contribution in [0.1, 0.15) is 22.9 Å². The summed E-state index contributed by atoms with van der Waals surface area (Å²) in [5.41, 5.74) is 4.21. The monoisotopic (exact) mass is 267 g/mol. The standard InChI is InChI=1S/C16H17N3O/c1-11-19-15-4-3-13(9-16(15)20-11)14(10-17-2)12-5-7-18-8-6-12/h3-9,14,17H,10H2,1-2H3. The van der Waals surface area contributed by atoms with Crippen LogP contribution in [0.3, 0.4) is 0 Å². The van der Waals surface area contributed by atoms with Crippen LogP contribution in [-0.4, -0.2) is 23.6 Å². The fourth-order valence-electron chi connectivity index (χ4n) is 2.50. The quantitative estimate of drug-likeness (QED) is 0.789. The van der Waals surface area contributed by atoms with E-state index >= 15 is 0 Å². The SMILES string of the molecule is CNCC(c1ccncc1)c1ccc2nc(C)oc2c1. The molecule has 0 fully saturated rings. The maximum absolute atomic E-state index is 5.63. The topological polar surface area (TPSA) is 51.0 Å². The average molecular weight is 267 g/mol. The molecule has 1 N–H and O–H groups in total. The van der Waals surface area contributed by atoms with E-state index < -0.39 is 0 Å². The van der Waals surface area contributed by atoms with Gasteiger partial charge in [-0.3, -0.25) is 4.98 Å². The molecule has 0 aliphatic heterocycles. The predicted octanol–water partition coefficient (Wildman–Crippen LogP) is 2.88. The highest BCUT2D eigenvalue weighted by molar-refractivity contribution is 5.73. The van der Waals surface area contributed by atoms with Crippen LogP contribution >= 0.6 is 0 Å². The summed E-state index contributed by atoms with van der Waals surface area (Å²) in [6.07, 6.45) is 3.66. The molecule has 20 heavy (non-hydrogen) atoms. The van der Waals surface area contributed by atoms with Crippen molar-refractivity contribution >= 4 is 11.1 Å². The van der Waals surface area contributed by atoms with Crippen molar-refractivity contribution in [3.63, 3.8) is 0 Å². The highest BCUT2D eigenvalue weighted by Gasteiger charge is 2.15. The smallest absolute Gasteiger partial charge is 0.192 e. The van der Waals surface area contributed by atoms with Gasteiger partial charge in [0.1, 0.15) is 5.52 Å². The molecular weight excluding hydrogens is 250 g/mol. The Morgan fingerprint density at radius 2 is 1.95 bits per heavy atom. The number of hydrogen-bond acceptors (Lipinski definition) is 4. The van der Waals surface area contributed by atoms with Gasteiger partial charge in [-0.1, -0.05) is 6.07 Å². The molecule has 0 spiro atoms. The van der Waals surface area contributed by atoms with Crippen LogP contribution in [0.25, 0.3) is 11.1 Å². The number of oxazole rings is 1. The molecule has 0 amide bonds. The lowest BCUT2D eigenvalue weighted by Crippen LogP contribution is -2.18. The first-order chi connectivity index (χ1) is 9.78. The molecule has 102 valence electrons. The molecule has 3 aromatic rings. The van der Waals surface area contributed by atoms with Gasteiger partial charge in [0, 0.05) is 31.8 Å². The second-order valence-corrected chi connectivity index (χ2v) is 4.85. The normalized spacial score (nSPS) is 12.7. The highest BCUT2D eigenvalue weighted by atomic mass is 16.3. The number of hydrogen-bond donors (Lipinski definition) is 1. The van der Waals surface area contributed by atoms with Crippen LogP contribution in [0.4, 0.5) is 0 Å². The molecule has 1 unspecified atom stereocenters. The highest BCUT2D eigenvalue weighted by Crippen LogP contribution is 2.27. The number of nitrogens with zero attached hydrogens (tertiary/aromatic N) is 2. The summed E-state index contributed by atoms with van der Waals surface area (Å²) in [7, 11) is 1.96. The van der Waals surface area contributed by atoms with Crippen molar-refractivity contribution in [1.82, 2.24) is 15.3 Å². The van der Waals surface area contributed by atoms with Crippen LogP contribution in [0.2, 0.25) is 0 Å². The number of benzene rings is 1. The van der Waals surface area contributed by atoms with E-state index in [0.29, 0.717) is 5.89 Å². The summed E-state index contributed by atoms with van der Waals surface area (Å²) >= 11 is 0. The minimum absolute atomic E-state index is 0.276. The molecular formula is C16H17N3O. The number of nitrogens with one attached hydrogen (secondary N) is 1. The van der Waals surface area contributed by atoms with Gasteiger partial charge in [0.05, 0.1) is 0 Å². The van der Waals surface area contributed by atoms with Gasteiger partial charge in [0.25, 0.3) is 0 Å². The molecule has 0 saturated heterocycles. The molecule has 2 heterocycles. The van der Waals surface area contributed by atoms with Gasteiger partial charge in [-0.2, -0.15) is 0 Å². The maximum Gasteiger partial charge on any atom is 0.192 e. The first kappa shape index (κ1) is 12.8. The number of aryl methyl sites for hydroxylation is 1. The zero-order valence-corrected chi connectivity index (χ0v) is 11.6. The van der Waals surface area contributed by atoms with E-state index in [-0.39, 0.29) is 5.92 Å². The maximum atomic E-state index is 5.63. The first-order valence-corrected chi connectivity index (χ1v) is 6.69. The van der Waals surface area contributed by atoms with Crippen LogP contribution in [0.5, 0.6) is 0 Å². The van der Waals surface area contributed by atoms with Crippen molar-refractivity contribution < 1.29 is 4.42 Å². The largest absolute Gasteiger partial charge is 0.441 e. The van der Waals surface area contributed by atoms with Gasteiger partial charge >= 0.3 is 0 Å². The lowest BCUT2D eigenvalue weighted by molar-refractivity contribution is 0.560. The second-order valence-electron chi connectivity index (χ2n) is 4.85. The predicted molar refractivity (Wildman–Crippen MR) is 78.8 cm³/mol. The Hall–Kier alpha value is -2.20. The lowest BCUT2D eigenvalue weighted by atomic mass is 9.92. The Morgan fingerprint density at radius 3 is 2.70 bits per heavy atom. The third-order valence-corrected chi connectivity index (χ3v) is 3.44. The lowest BCUT2D eigenvalue weighted by Gasteiger charge is -2.17. The van der Waals surface area contributed by atoms with E-state index in [2.05, 4.69) is 39.6 Å². The Labute approximate surface area is 117 Å². The summed E-state index contributed by atoms with van der Waals surface area (Å²) in [5, 5.41) is 3.25. The van der Waals surface area contributed by atoms with E-state index in [1.54, 1.807) is 0 Å². The van der Waals surface area contributed by atoms with Gasteiger partial charge < -0.3 is 9.73 Å². The molecule has 1 atom stereocenters. The number of fused-ring (bicyclic) bond motifs is 1. The van der Waals surface area contributed by atoms with Gasteiger partial charge in [-0.15, -0.1) is 0 Å². The molecule has 2 aromatic heterocycles. The van der Waals surface area contributed by atoms with E-state index in [1.165, 1.54) is 11.1 Å². The molecule has 0 aliphatic rings. The first-order valence-electron chi connectivity index (χ1n) is 6.69. The third kappa shape index (κ3) is 2.42. The Bertz CT molecular complexity index is 706.